The van der Waals surface area contributed by atoms with Gasteiger partial charge in [-0.3, -0.25) is 19.2 Å². The van der Waals surface area contributed by atoms with Crippen molar-refractivity contribution in [2.45, 2.75) is 69.1 Å². The number of hydrogen-bond acceptors (Lipinski definition) is 8. The Morgan fingerprint density at radius 2 is 1.62 bits per heavy atom. The molecule has 0 aromatic carbocycles. The van der Waals surface area contributed by atoms with Gasteiger partial charge in [-0.25, -0.2) is 4.79 Å². The number of carbonyl (C=O) groups excluding carboxylic acids is 4. The molecule has 4 atom stereocenters. The monoisotopic (exact) mass is 458 g/mol. The van der Waals surface area contributed by atoms with Gasteiger partial charge in [0.2, 0.25) is 23.6 Å². The lowest BCUT2D eigenvalue weighted by atomic mass is 10.1. The van der Waals surface area contributed by atoms with Crippen LogP contribution in [0.2, 0.25) is 0 Å². The second kappa shape index (κ2) is 14.3. The van der Waals surface area contributed by atoms with Crippen LogP contribution in [0.4, 0.5) is 0 Å². The number of primary amides is 1. The summed E-state index contributed by atoms with van der Waals surface area (Å²) in [6.07, 6.45) is 2.30. The first-order valence-electron chi connectivity index (χ1n) is 10.7. The number of nitrogens with one attached hydrogen (secondary N) is 4. The molecule has 10 N–H and O–H groups in total. The van der Waals surface area contributed by atoms with E-state index in [1.807, 2.05) is 0 Å². The predicted molar refractivity (Wildman–Crippen MR) is 113 cm³/mol. The Labute approximate surface area is 186 Å². The van der Waals surface area contributed by atoms with Crippen molar-refractivity contribution in [2.24, 2.45) is 11.5 Å². The van der Waals surface area contributed by atoms with Crippen molar-refractivity contribution in [3.8, 4) is 0 Å². The van der Waals surface area contributed by atoms with Crippen LogP contribution in [0.5, 0.6) is 0 Å². The average molecular weight is 459 g/mol. The first-order valence-corrected chi connectivity index (χ1v) is 10.7. The van der Waals surface area contributed by atoms with Crippen LogP contribution < -0.4 is 32.7 Å². The summed E-state index contributed by atoms with van der Waals surface area (Å²) in [5.41, 5.74) is 10.5. The Kier molecular flexibility index (Phi) is 12.2. The normalized spacial score (nSPS) is 18.2. The van der Waals surface area contributed by atoms with Crippen LogP contribution in [-0.2, 0) is 24.0 Å². The zero-order valence-electron chi connectivity index (χ0n) is 18.0. The molecule has 0 aromatic heterocycles. The molecule has 0 saturated carbocycles. The highest BCUT2D eigenvalue weighted by Gasteiger charge is 2.31. The van der Waals surface area contributed by atoms with E-state index in [1.165, 1.54) is 0 Å². The highest BCUT2D eigenvalue weighted by Crippen LogP contribution is 2.07. The van der Waals surface area contributed by atoms with E-state index >= 15 is 0 Å². The minimum absolute atomic E-state index is 0.101. The van der Waals surface area contributed by atoms with E-state index in [2.05, 4.69) is 21.3 Å². The van der Waals surface area contributed by atoms with Crippen LogP contribution in [0.25, 0.3) is 0 Å². The van der Waals surface area contributed by atoms with Crippen LogP contribution in [0.3, 0.4) is 0 Å². The Balaban J connectivity index is 2.77. The smallest absolute Gasteiger partial charge is 0.326 e. The maximum atomic E-state index is 12.7. The molecule has 1 aliphatic rings. The summed E-state index contributed by atoms with van der Waals surface area (Å²) in [7, 11) is 0. The molecule has 1 rings (SSSR count). The maximum Gasteiger partial charge on any atom is 0.326 e. The van der Waals surface area contributed by atoms with Crippen LogP contribution in [0.15, 0.2) is 0 Å². The van der Waals surface area contributed by atoms with E-state index in [0.717, 1.165) is 6.42 Å². The fourth-order valence-electron chi connectivity index (χ4n) is 3.22. The van der Waals surface area contributed by atoms with Crippen molar-refractivity contribution in [2.75, 3.05) is 19.7 Å². The Morgan fingerprint density at radius 1 is 0.969 bits per heavy atom. The molecule has 0 radical (unpaired) electrons. The summed E-state index contributed by atoms with van der Waals surface area (Å²) in [4.78, 5) is 60.0. The van der Waals surface area contributed by atoms with E-state index in [-0.39, 0.29) is 19.3 Å². The van der Waals surface area contributed by atoms with Gasteiger partial charge in [-0.1, -0.05) is 0 Å². The number of carbonyl (C=O) groups is 5. The fraction of sp³-hybridized carbons (Fsp3) is 0.737. The number of aliphatic hydroxyl groups excluding tert-OH is 1. The molecule has 32 heavy (non-hydrogen) atoms. The highest BCUT2D eigenvalue weighted by atomic mass is 16.4. The number of aliphatic hydroxyl groups is 1. The molecule has 0 spiro atoms. The molecule has 1 aliphatic heterocycles. The third kappa shape index (κ3) is 9.58. The van der Waals surface area contributed by atoms with E-state index < -0.39 is 60.4 Å². The van der Waals surface area contributed by atoms with Crippen molar-refractivity contribution in [3.05, 3.63) is 0 Å². The number of unbranched alkanes of at least 4 members (excludes halogenated alkanes) is 1. The molecule has 1 heterocycles. The standard InChI is InChI=1S/C19H34N6O7/c20-8-2-1-4-13(19(31)32)24-18(30)14(10-26)25-17(29)12(6-7-15(21)27)23-16(28)11-5-3-9-22-11/h11-14,22,26H,1-10,20H2,(H2,21,27)(H,23,28)(H,24,30)(H,25,29)(H,31,32). The van der Waals surface area contributed by atoms with E-state index in [1.54, 1.807) is 0 Å². The van der Waals surface area contributed by atoms with Gasteiger partial charge in [0.05, 0.1) is 12.6 Å². The lowest BCUT2D eigenvalue weighted by molar-refractivity contribution is -0.142. The van der Waals surface area contributed by atoms with Crippen LogP contribution in [0, 0.1) is 0 Å². The third-order valence-corrected chi connectivity index (χ3v) is 5.07. The number of nitrogens with two attached hydrogens (primary N) is 2. The summed E-state index contributed by atoms with van der Waals surface area (Å²) in [5, 5.41) is 28.9. The highest BCUT2D eigenvalue weighted by molar-refractivity contribution is 5.94. The Morgan fingerprint density at radius 3 is 2.16 bits per heavy atom. The van der Waals surface area contributed by atoms with Crippen molar-refractivity contribution >= 4 is 29.6 Å². The Bertz CT molecular complexity index is 669. The number of hydrogen-bond donors (Lipinski definition) is 8. The number of amides is 4. The van der Waals surface area contributed by atoms with E-state index in [4.69, 9.17) is 11.5 Å². The molecule has 182 valence electrons. The second-order valence-corrected chi connectivity index (χ2v) is 7.64. The van der Waals surface area contributed by atoms with Gasteiger partial charge < -0.3 is 42.9 Å². The van der Waals surface area contributed by atoms with Gasteiger partial charge in [0.25, 0.3) is 0 Å². The zero-order valence-corrected chi connectivity index (χ0v) is 18.0. The van der Waals surface area contributed by atoms with Gasteiger partial charge in [-0.2, -0.15) is 0 Å². The number of rotatable bonds is 15. The summed E-state index contributed by atoms with van der Waals surface area (Å²) in [6, 6.07) is -4.30. The van der Waals surface area contributed by atoms with Crippen molar-refractivity contribution in [1.29, 1.82) is 0 Å². The lowest BCUT2D eigenvalue weighted by Gasteiger charge is -2.24. The van der Waals surface area contributed by atoms with Gasteiger partial charge >= 0.3 is 5.97 Å². The minimum atomic E-state index is -1.45. The van der Waals surface area contributed by atoms with Crippen LogP contribution in [-0.4, -0.2) is 83.7 Å². The third-order valence-electron chi connectivity index (χ3n) is 5.07. The number of carboxylic acid groups (broad SMARTS) is 1. The largest absolute Gasteiger partial charge is 0.480 e. The molecule has 13 nitrogen and oxygen atoms in total. The fourth-order valence-corrected chi connectivity index (χ4v) is 3.22. The van der Waals surface area contributed by atoms with Gasteiger partial charge in [-0.15, -0.1) is 0 Å². The minimum Gasteiger partial charge on any atom is -0.480 e. The Hall–Kier alpha value is -2.77. The van der Waals surface area contributed by atoms with Gasteiger partial charge in [-0.05, 0) is 51.6 Å². The molecular formula is C19H34N6O7. The molecule has 0 bridgehead atoms. The average Bonchev–Trinajstić information content (AvgIpc) is 3.28. The van der Waals surface area contributed by atoms with Crippen molar-refractivity contribution in [1.82, 2.24) is 21.3 Å². The molecule has 1 saturated heterocycles. The molecule has 1 fully saturated rings. The van der Waals surface area contributed by atoms with E-state index in [9.17, 15) is 34.2 Å². The van der Waals surface area contributed by atoms with Gasteiger partial charge in [0, 0.05) is 6.42 Å². The lowest BCUT2D eigenvalue weighted by Crippen LogP contribution is -2.58. The first-order chi connectivity index (χ1) is 15.2. The van der Waals surface area contributed by atoms with E-state index in [0.29, 0.717) is 32.4 Å². The number of carboxylic acids is 1. The van der Waals surface area contributed by atoms with Crippen LogP contribution >= 0.6 is 0 Å². The predicted octanol–water partition coefficient (Wildman–Crippen LogP) is -3.34. The molecule has 0 aliphatic carbocycles. The van der Waals surface area contributed by atoms with Gasteiger partial charge in [0.15, 0.2) is 0 Å². The molecule has 4 unspecified atom stereocenters. The molecule has 13 heteroatoms. The summed E-state index contributed by atoms with van der Waals surface area (Å²) >= 11 is 0. The number of aliphatic carboxylic acids is 1. The van der Waals surface area contributed by atoms with Crippen LogP contribution in [0.1, 0.15) is 44.9 Å². The van der Waals surface area contributed by atoms with Crippen molar-refractivity contribution < 1.29 is 34.2 Å². The SMILES string of the molecule is NCCCCC(NC(=O)C(CO)NC(=O)C(CCC(N)=O)NC(=O)C1CCCN1)C(=O)O. The quantitative estimate of drug-likeness (QED) is 0.115. The summed E-state index contributed by atoms with van der Waals surface area (Å²) in [6.45, 7) is 0.247. The van der Waals surface area contributed by atoms with Gasteiger partial charge in [0.1, 0.15) is 18.1 Å². The maximum absolute atomic E-state index is 12.7. The first kappa shape index (κ1) is 27.3. The topological polar surface area (TPSA) is 226 Å². The van der Waals surface area contributed by atoms with Crippen molar-refractivity contribution in [3.63, 3.8) is 0 Å². The molecule has 0 aromatic rings. The zero-order chi connectivity index (χ0) is 24.1. The molecule has 4 amide bonds. The summed E-state index contributed by atoms with van der Waals surface area (Å²) in [5.74, 6) is -4.05. The molecular weight excluding hydrogens is 424 g/mol. The second-order valence-electron chi connectivity index (χ2n) is 7.64. The summed E-state index contributed by atoms with van der Waals surface area (Å²) < 4.78 is 0.